The van der Waals surface area contributed by atoms with Crippen LogP contribution < -0.4 is 15.2 Å². The monoisotopic (exact) mass is 597 g/mol. The fraction of sp³-hybridized carbons (Fsp3) is 0.667. The molecular weight excluding hydrogens is 550 g/mol. The Labute approximate surface area is 248 Å². The number of hydrogen-bond acceptors (Lipinski definition) is 11. The average Bonchev–Trinajstić information content (AvgIpc) is 2.87. The molecule has 0 saturated carbocycles. The van der Waals surface area contributed by atoms with Gasteiger partial charge in [0.25, 0.3) is 0 Å². The smallest absolute Gasteiger partial charge is 0.480 e. The second kappa shape index (κ2) is 16.2. The molecule has 3 N–H and O–H groups in total. The summed E-state index contributed by atoms with van der Waals surface area (Å²) >= 11 is 0. The minimum atomic E-state index is -1.43. The number of rotatable bonds is 14. The number of carboxylic acid groups (broad SMARTS) is 1. The van der Waals surface area contributed by atoms with E-state index in [2.05, 4.69) is 0 Å². The molecule has 0 aliphatic heterocycles. The van der Waals surface area contributed by atoms with Crippen LogP contribution in [-0.2, 0) is 23.7 Å². The highest BCUT2D eigenvalue weighted by Gasteiger charge is 2.31. The van der Waals surface area contributed by atoms with Gasteiger partial charge in [-0.3, -0.25) is 4.79 Å². The lowest BCUT2D eigenvalue weighted by Crippen LogP contribution is -2.38. The molecule has 5 atom stereocenters. The highest BCUT2D eigenvalue weighted by Crippen LogP contribution is 2.35. The fourth-order valence-corrected chi connectivity index (χ4v) is 3.28. The zero-order valence-electron chi connectivity index (χ0n) is 26.3. The van der Waals surface area contributed by atoms with Crippen LogP contribution in [0.4, 0.5) is 14.4 Å². The summed E-state index contributed by atoms with van der Waals surface area (Å²) in [5.74, 6) is -2.58. The van der Waals surface area contributed by atoms with Crippen LogP contribution >= 0.6 is 0 Å². The Morgan fingerprint density at radius 3 is 1.76 bits per heavy atom. The van der Waals surface area contributed by atoms with E-state index in [-0.39, 0.29) is 29.8 Å². The third kappa shape index (κ3) is 12.1. The number of benzene rings is 1. The molecular formula is C30H47NO11. The van der Waals surface area contributed by atoms with E-state index < -0.39 is 60.3 Å². The summed E-state index contributed by atoms with van der Waals surface area (Å²) < 4.78 is 32.0. The van der Waals surface area contributed by atoms with Crippen LogP contribution in [0, 0.1) is 11.8 Å². The molecule has 12 heteroatoms. The van der Waals surface area contributed by atoms with Gasteiger partial charge in [-0.05, 0) is 77.0 Å². The maximum atomic E-state index is 12.6. The first-order valence-corrected chi connectivity index (χ1v) is 14.2. The first-order valence-electron chi connectivity index (χ1n) is 14.2. The van der Waals surface area contributed by atoms with E-state index >= 15 is 0 Å². The minimum absolute atomic E-state index is 0.00104. The third-order valence-corrected chi connectivity index (χ3v) is 7.04. The van der Waals surface area contributed by atoms with Crippen molar-refractivity contribution in [2.24, 2.45) is 17.6 Å². The van der Waals surface area contributed by atoms with E-state index in [0.717, 1.165) is 0 Å². The lowest BCUT2D eigenvalue weighted by Gasteiger charge is -2.27. The van der Waals surface area contributed by atoms with Gasteiger partial charge in [0.05, 0.1) is 0 Å². The molecule has 0 aliphatic rings. The van der Waals surface area contributed by atoms with E-state index in [4.69, 9.17) is 34.2 Å². The summed E-state index contributed by atoms with van der Waals surface area (Å²) in [5.41, 5.74) is 5.61. The van der Waals surface area contributed by atoms with Crippen LogP contribution in [0.2, 0.25) is 0 Å². The van der Waals surface area contributed by atoms with Gasteiger partial charge < -0.3 is 39.3 Å². The summed E-state index contributed by atoms with van der Waals surface area (Å²) in [6.45, 7) is 17.8. The van der Waals surface area contributed by atoms with Gasteiger partial charge in [-0.2, -0.15) is 0 Å². The molecule has 0 saturated heterocycles. The Morgan fingerprint density at radius 2 is 1.31 bits per heavy atom. The van der Waals surface area contributed by atoms with Crippen molar-refractivity contribution < 1.29 is 52.7 Å². The second-order valence-corrected chi connectivity index (χ2v) is 11.6. The molecule has 0 radical (unpaired) electrons. The summed E-state index contributed by atoms with van der Waals surface area (Å²) in [4.78, 5) is 49.2. The second-order valence-electron chi connectivity index (χ2n) is 11.6. The standard InChI is InChI=1S/C30H47NO11/c1-11-30(9,10)42-29(36)37-18(6)14-22(25(31)26(32)33)21-12-13-23(40-27(34)38-19(7)16(2)3)24(15-21)41-28(35)39-20(8)17(4)5/h12-13,15-20,22,25H,11,14,31H2,1-10H3,(H,32,33)/t18?,19?,20?,22?,25-/m0/s1. The number of carbonyl (C=O) groups is 4. The molecule has 0 heterocycles. The van der Waals surface area contributed by atoms with Gasteiger partial charge in [0.15, 0.2) is 11.5 Å². The van der Waals surface area contributed by atoms with Crippen LogP contribution in [0.25, 0.3) is 0 Å². The Morgan fingerprint density at radius 1 is 0.810 bits per heavy atom. The SMILES string of the molecule is CCC(C)(C)OC(=O)OC(C)CC(c1ccc(OC(=O)OC(C)C(C)C)c(OC(=O)OC(C)C(C)C)c1)[C@H](N)C(=O)O. The molecule has 238 valence electrons. The molecule has 0 amide bonds. The van der Waals surface area contributed by atoms with Gasteiger partial charge in [-0.15, -0.1) is 0 Å². The van der Waals surface area contributed by atoms with E-state index in [1.807, 2.05) is 34.6 Å². The maximum Gasteiger partial charge on any atom is 0.514 e. The molecule has 1 aromatic carbocycles. The quantitative estimate of drug-likeness (QED) is 0.137. The highest BCUT2D eigenvalue weighted by atomic mass is 16.8. The first kappa shape index (κ1) is 36.5. The zero-order valence-corrected chi connectivity index (χ0v) is 26.3. The third-order valence-electron chi connectivity index (χ3n) is 7.04. The molecule has 0 spiro atoms. The lowest BCUT2D eigenvalue weighted by molar-refractivity contribution is -0.139. The van der Waals surface area contributed by atoms with E-state index in [9.17, 15) is 24.3 Å². The lowest BCUT2D eigenvalue weighted by atomic mass is 9.87. The molecule has 1 rings (SSSR count). The van der Waals surface area contributed by atoms with Crippen molar-refractivity contribution in [1.29, 1.82) is 0 Å². The van der Waals surface area contributed by atoms with Gasteiger partial charge in [-0.1, -0.05) is 40.7 Å². The summed E-state index contributed by atoms with van der Waals surface area (Å²) in [6.07, 6.45) is -4.17. The zero-order chi connectivity index (χ0) is 32.4. The molecule has 0 aliphatic carbocycles. The van der Waals surface area contributed by atoms with Gasteiger partial charge in [0, 0.05) is 5.92 Å². The number of nitrogens with two attached hydrogens (primary N) is 1. The number of ether oxygens (including phenoxy) is 6. The topological polar surface area (TPSA) is 170 Å². The van der Waals surface area contributed by atoms with Gasteiger partial charge in [0.2, 0.25) is 0 Å². The highest BCUT2D eigenvalue weighted by molar-refractivity contribution is 5.75. The number of carbonyl (C=O) groups excluding carboxylic acids is 3. The molecule has 4 unspecified atom stereocenters. The van der Waals surface area contributed by atoms with Crippen molar-refractivity contribution >= 4 is 24.4 Å². The van der Waals surface area contributed by atoms with Crippen molar-refractivity contribution in [2.45, 2.75) is 118 Å². The van der Waals surface area contributed by atoms with Crippen molar-refractivity contribution in [2.75, 3.05) is 0 Å². The van der Waals surface area contributed by atoms with Gasteiger partial charge >= 0.3 is 24.4 Å². The normalized spacial score (nSPS) is 15.2. The summed E-state index contributed by atoms with van der Waals surface area (Å²) in [7, 11) is 0. The molecule has 0 fully saturated rings. The number of hydrogen-bond donors (Lipinski definition) is 2. The van der Waals surface area contributed by atoms with E-state index in [1.165, 1.54) is 18.2 Å². The molecule has 1 aromatic rings. The van der Waals surface area contributed by atoms with E-state index in [1.54, 1.807) is 34.6 Å². The Kier molecular flexibility index (Phi) is 14.1. The first-order chi connectivity index (χ1) is 19.4. The van der Waals surface area contributed by atoms with Crippen LogP contribution in [0.5, 0.6) is 11.5 Å². The van der Waals surface area contributed by atoms with Crippen molar-refractivity contribution in [3.05, 3.63) is 23.8 Å². The van der Waals surface area contributed by atoms with Crippen molar-refractivity contribution in [1.82, 2.24) is 0 Å². The van der Waals surface area contributed by atoms with Crippen LogP contribution in [0.3, 0.4) is 0 Å². The van der Waals surface area contributed by atoms with Crippen molar-refractivity contribution in [3.8, 4) is 11.5 Å². The molecule has 12 nitrogen and oxygen atoms in total. The van der Waals surface area contributed by atoms with Crippen molar-refractivity contribution in [3.63, 3.8) is 0 Å². The maximum absolute atomic E-state index is 12.6. The van der Waals surface area contributed by atoms with Crippen LogP contribution in [-0.4, -0.2) is 59.5 Å². The average molecular weight is 598 g/mol. The predicted molar refractivity (Wildman–Crippen MR) is 154 cm³/mol. The molecule has 0 bridgehead atoms. The fourth-order valence-electron chi connectivity index (χ4n) is 3.28. The largest absolute Gasteiger partial charge is 0.514 e. The Balaban J connectivity index is 3.37. The Bertz CT molecular complexity index is 1070. The Hall–Kier alpha value is -3.54. The predicted octanol–water partition coefficient (Wildman–Crippen LogP) is 6.42. The summed E-state index contributed by atoms with van der Waals surface area (Å²) in [5, 5.41) is 9.71. The number of aliphatic carboxylic acids is 1. The molecule has 42 heavy (non-hydrogen) atoms. The number of carboxylic acids is 1. The van der Waals surface area contributed by atoms with Crippen LogP contribution in [0.15, 0.2) is 18.2 Å². The summed E-state index contributed by atoms with van der Waals surface area (Å²) in [6, 6.07) is 2.70. The van der Waals surface area contributed by atoms with E-state index in [0.29, 0.717) is 12.0 Å². The van der Waals surface area contributed by atoms with Gasteiger partial charge in [-0.25, -0.2) is 14.4 Å². The van der Waals surface area contributed by atoms with Gasteiger partial charge in [0.1, 0.15) is 30.0 Å². The molecule has 0 aromatic heterocycles. The van der Waals surface area contributed by atoms with Crippen LogP contribution in [0.1, 0.15) is 93.6 Å². The minimum Gasteiger partial charge on any atom is -0.480 e.